The largest absolute Gasteiger partial charge is 0.353 e. The van der Waals surface area contributed by atoms with E-state index in [-0.39, 0.29) is 11.3 Å². The lowest BCUT2D eigenvalue weighted by molar-refractivity contribution is -0.116. The molecule has 0 radical (unpaired) electrons. The first-order valence-electron chi connectivity index (χ1n) is 12.7. The summed E-state index contributed by atoms with van der Waals surface area (Å²) in [6.45, 7) is 13.3. The summed E-state index contributed by atoms with van der Waals surface area (Å²) in [5.74, 6) is 5.41. The van der Waals surface area contributed by atoms with Gasteiger partial charge in [-0.25, -0.2) is 0 Å². The Labute approximate surface area is 179 Å². The second kappa shape index (κ2) is 8.04. The van der Waals surface area contributed by atoms with Gasteiger partial charge in [0.25, 0.3) is 0 Å². The molecule has 0 spiro atoms. The fourth-order valence-electron chi connectivity index (χ4n) is 8.59. The van der Waals surface area contributed by atoms with Gasteiger partial charge < -0.3 is 5.32 Å². The average molecular weight is 400 g/mol. The Balaban J connectivity index is 1.50. The highest BCUT2D eigenvalue weighted by molar-refractivity contribution is 5.88. The van der Waals surface area contributed by atoms with Crippen molar-refractivity contribution < 1.29 is 4.79 Å². The number of carbonyl (C=O) groups excluding carboxylic acids is 1. The van der Waals surface area contributed by atoms with Gasteiger partial charge in [-0.1, -0.05) is 59.5 Å². The van der Waals surface area contributed by atoms with Crippen LogP contribution >= 0.6 is 0 Å². The van der Waals surface area contributed by atoms with E-state index in [1.807, 2.05) is 6.08 Å². The third kappa shape index (κ3) is 3.72. The molecule has 1 N–H and O–H groups in total. The Hall–Kier alpha value is -0.790. The molecular weight excluding hydrogens is 354 g/mol. The van der Waals surface area contributed by atoms with Gasteiger partial charge in [0, 0.05) is 12.6 Å². The zero-order valence-corrected chi connectivity index (χ0v) is 19.7. The van der Waals surface area contributed by atoms with E-state index < -0.39 is 0 Å². The van der Waals surface area contributed by atoms with Gasteiger partial charge in [0.05, 0.1) is 0 Å². The van der Waals surface area contributed by atoms with Crippen molar-refractivity contribution in [1.82, 2.24) is 5.32 Å². The molecule has 7 atom stereocenters. The number of rotatable bonds is 5. The van der Waals surface area contributed by atoms with E-state index in [1.165, 1.54) is 56.9 Å². The SMILES string of the molecule is CC(C)CCC[C@H](C)[C@@H]1CC[C@H]2[C@H]3CCC4=CC(=O)NCC[C@@]4(C)[C@@H]3CC[C@@]21C. The molecule has 0 unspecified atom stereocenters. The molecule has 2 heteroatoms. The number of hydrogen-bond donors (Lipinski definition) is 1. The van der Waals surface area contributed by atoms with Gasteiger partial charge in [-0.2, -0.15) is 0 Å². The highest BCUT2D eigenvalue weighted by Crippen LogP contribution is 2.67. The summed E-state index contributed by atoms with van der Waals surface area (Å²) in [5, 5.41) is 3.11. The summed E-state index contributed by atoms with van der Waals surface area (Å²) >= 11 is 0. The van der Waals surface area contributed by atoms with Gasteiger partial charge in [0.2, 0.25) is 5.91 Å². The van der Waals surface area contributed by atoms with Crippen LogP contribution in [-0.2, 0) is 4.79 Å². The second-order valence-corrected chi connectivity index (χ2v) is 12.1. The van der Waals surface area contributed by atoms with Gasteiger partial charge in [-0.05, 0) is 91.3 Å². The summed E-state index contributed by atoms with van der Waals surface area (Å²) in [6.07, 6.45) is 15.6. The first-order valence-corrected chi connectivity index (χ1v) is 12.7. The Morgan fingerprint density at radius 3 is 2.59 bits per heavy atom. The first kappa shape index (κ1) is 21.4. The summed E-state index contributed by atoms with van der Waals surface area (Å²) in [5.41, 5.74) is 2.29. The van der Waals surface area contributed by atoms with Gasteiger partial charge in [-0.15, -0.1) is 0 Å². The van der Waals surface area contributed by atoms with Crippen LogP contribution in [0.5, 0.6) is 0 Å². The third-order valence-corrected chi connectivity index (χ3v) is 10.2. The van der Waals surface area contributed by atoms with Crippen molar-refractivity contribution in [1.29, 1.82) is 0 Å². The van der Waals surface area contributed by atoms with Crippen LogP contribution in [0.1, 0.15) is 98.8 Å². The number of carbonyl (C=O) groups is 1. The first-order chi connectivity index (χ1) is 13.8. The maximum atomic E-state index is 12.1. The van der Waals surface area contributed by atoms with Gasteiger partial charge in [-0.3, -0.25) is 4.79 Å². The maximum Gasteiger partial charge on any atom is 0.243 e. The lowest BCUT2D eigenvalue weighted by Gasteiger charge is -2.57. The number of fused-ring (bicyclic) bond motifs is 5. The highest BCUT2D eigenvalue weighted by Gasteiger charge is 2.59. The van der Waals surface area contributed by atoms with Crippen LogP contribution in [0.4, 0.5) is 0 Å². The van der Waals surface area contributed by atoms with Crippen molar-refractivity contribution in [3.63, 3.8) is 0 Å². The number of hydrogen-bond acceptors (Lipinski definition) is 1. The van der Waals surface area contributed by atoms with Crippen molar-refractivity contribution in [2.45, 2.75) is 98.8 Å². The monoisotopic (exact) mass is 399 g/mol. The van der Waals surface area contributed by atoms with E-state index in [1.54, 1.807) is 0 Å². The Bertz CT molecular complexity index is 651. The van der Waals surface area contributed by atoms with E-state index >= 15 is 0 Å². The van der Waals surface area contributed by atoms with Gasteiger partial charge >= 0.3 is 0 Å². The molecule has 1 heterocycles. The summed E-state index contributed by atoms with van der Waals surface area (Å²) < 4.78 is 0. The molecule has 1 aliphatic heterocycles. The standard InChI is InChI=1S/C27H45NO/c1-18(2)7-6-8-19(3)22-11-12-23-21-10-9-20-17-25(29)28-16-15-26(20,4)24(21)13-14-27(22,23)5/h17-19,21-24H,6-16H2,1-5H3,(H,28,29)/t19-,21+,22-,23-,24+,26+,27+/m0/s1. The molecule has 0 aromatic carbocycles. The predicted octanol–water partition coefficient (Wildman–Crippen LogP) is 6.75. The van der Waals surface area contributed by atoms with E-state index in [0.717, 1.165) is 54.9 Å². The summed E-state index contributed by atoms with van der Waals surface area (Å²) in [4.78, 5) is 12.1. The minimum absolute atomic E-state index is 0.152. The smallest absolute Gasteiger partial charge is 0.243 e. The molecule has 4 rings (SSSR count). The normalized spacial score (nSPS) is 43.0. The minimum Gasteiger partial charge on any atom is -0.353 e. The van der Waals surface area contributed by atoms with Crippen molar-refractivity contribution in [3.05, 3.63) is 11.6 Å². The van der Waals surface area contributed by atoms with E-state index in [9.17, 15) is 4.79 Å². The fourth-order valence-corrected chi connectivity index (χ4v) is 8.59. The van der Waals surface area contributed by atoms with Crippen LogP contribution < -0.4 is 5.32 Å². The fraction of sp³-hybridized carbons (Fsp3) is 0.889. The zero-order chi connectivity index (χ0) is 20.8. The number of nitrogens with one attached hydrogen (secondary N) is 1. The Morgan fingerprint density at radius 1 is 1.03 bits per heavy atom. The maximum absolute atomic E-state index is 12.1. The molecule has 1 amide bonds. The molecule has 29 heavy (non-hydrogen) atoms. The molecule has 4 aliphatic rings. The van der Waals surface area contributed by atoms with Crippen LogP contribution in [0, 0.1) is 46.3 Å². The van der Waals surface area contributed by atoms with Crippen LogP contribution in [0.15, 0.2) is 11.6 Å². The molecule has 0 aromatic heterocycles. The second-order valence-electron chi connectivity index (χ2n) is 12.1. The minimum atomic E-state index is 0.152. The zero-order valence-electron chi connectivity index (χ0n) is 19.7. The lowest BCUT2D eigenvalue weighted by atomic mass is 9.47. The van der Waals surface area contributed by atoms with Crippen LogP contribution in [0.25, 0.3) is 0 Å². The van der Waals surface area contributed by atoms with Crippen LogP contribution in [-0.4, -0.2) is 12.5 Å². The Morgan fingerprint density at radius 2 is 1.83 bits per heavy atom. The van der Waals surface area contributed by atoms with E-state index in [4.69, 9.17) is 0 Å². The van der Waals surface area contributed by atoms with Crippen molar-refractivity contribution in [2.75, 3.05) is 6.54 Å². The topological polar surface area (TPSA) is 29.1 Å². The molecule has 3 saturated carbocycles. The number of amides is 1. The molecule has 0 bridgehead atoms. The molecule has 0 aromatic rings. The Kier molecular flexibility index (Phi) is 5.95. The number of allylic oxidation sites excluding steroid dienone is 1. The van der Waals surface area contributed by atoms with Crippen LogP contribution in [0.2, 0.25) is 0 Å². The molecule has 3 aliphatic carbocycles. The van der Waals surface area contributed by atoms with Crippen molar-refractivity contribution in [2.24, 2.45) is 46.3 Å². The molecule has 2 nitrogen and oxygen atoms in total. The van der Waals surface area contributed by atoms with Crippen molar-refractivity contribution in [3.8, 4) is 0 Å². The van der Waals surface area contributed by atoms with Gasteiger partial charge in [0.15, 0.2) is 0 Å². The van der Waals surface area contributed by atoms with Crippen LogP contribution in [0.3, 0.4) is 0 Å². The molecule has 164 valence electrons. The average Bonchev–Trinajstić information content (AvgIpc) is 2.92. The van der Waals surface area contributed by atoms with Crippen molar-refractivity contribution >= 4 is 5.91 Å². The quantitative estimate of drug-likeness (QED) is 0.544. The van der Waals surface area contributed by atoms with E-state index in [0.29, 0.717) is 5.41 Å². The highest BCUT2D eigenvalue weighted by atomic mass is 16.1. The molecular formula is C27H45NO. The summed E-state index contributed by atoms with van der Waals surface area (Å²) in [6, 6.07) is 0. The molecule has 0 saturated heterocycles. The predicted molar refractivity (Wildman–Crippen MR) is 121 cm³/mol. The third-order valence-electron chi connectivity index (χ3n) is 10.2. The van der Waals surface area contributed by atoms with E-state index in [2.05, 4.69) is 39.9 Å². The lowest BCUT2D eigenvalue weighted by Crippen LogP contribution is -2.50. The molecule has 3 fully saturated rings. The summed E-state index contributed by atoms with van der Waals surface area (Å²) in [7, 11) is 0. The van der Waals surface area contributed by atoms with Gasteiger partial charge in [0.1, 0.15) is 0 Å².